The van der Waals surface area contributed by atoms with Crippen molar-refractivity contribution in [2.75, 3.05) is 13.1 Å². The van der Waals surface area contributed by atoms with Gasteiger partial charge in [0.05, 0.1) is 6.42 Å². The summed E-state index contributed by atoms with van der Waals surface area (Å²) in [6.07, 6.45) is -3.23. The Morgan fingerprint density at radius 3 is 2.38 bits per heavy atom. The highest BCUT2D eigenvalue weighted by atomic mass is 19.4. The molecule has 13 heavy (non-hydrogen) atoms. The second-order valence-corrected chi connectivity index (χ2v) is 3.07. The van der Waals surface area contributed by atoms with Crippen LogP contribution >= 0.6 is 0 Å². The fraction of sp³-hybridized carbons (Fsp3) is 1.00. The molecule has 3 N–H and O–H groups in total. The standard InChI is InChI=1S/C8H17F3N2/c1-2-7(12)3-5-13-6-4-8(9,10)11/h7,13H,2-6,12H2,1H3. The van der Waals surface area contributed by atoms with Crippen LogP contribution in [0.15, 0.2) is 0 Å². The molecule has 0 aromatic carbocycles. The van der Waals surface area contributed by atoms with Crippen LogP contribution in [-0.4, -0.2) is 25.3 Å². The van der Waals surface area contributed by atoms with Crippen molar-refractivity contribution in [1.82, 2.24) is 5.32 Å². The quantitative estimate of drug-likeness (QED) is 0.637. The topological polar surface area (TPSA) is 38.0 Å². The molecule has 80 valence electrons. The van der Waals surface area contributed by atoms with Crippen molar-refractivity contribution in [3.63, 3.8) is 0 Å². The van der Waals surface area contributed by atoms with Crippen molar-refractivity contribution in [1.29, 1.82) is 0 Å². The van der Waals surface area contributed by atoms with Crippen LogP contribution in [0.1, 0.15) is 26.2 Å². The Morgan fingerprint density at radius 1 is 1.31 bits per heavy atom. The van der Waals surface area contributed by atoms with Crippen LogP contribution in [0.5, 0.6) is 0 Å². The third kappa shape index (κ3) is 9.63. The molecule has 0 spiro atoms. The third-order valence-electron chi connectivity index (χ3n) is 1.80. The molecule has 0 fully saturated rings. The Hall–Kier alpha value is -0.290. The summed E-state index contributed by atoms with van der Waals surface area (Å²) in [5.74, 6) is 0. The van der Waals surface area contributed by atoms with Gasteiger partial charge in [-0.15, -0.1) is 0 Å². The monoisotopic (exact) mass is 198 g/mol. The van der Waals surface area contributed by atoms with E-state index in [4.69, 9.17) is 5.73 Å². The average molecular weight is 198 g/mol. The number of rotatable bonds is 6. The van der Waals surface area contributed by atoms with Crippen LogP contribution in [0.3, 0.4) is 0 Å². The first-order chi connectivity index (χ1) is 5.95. The van der Waals surface area contributed by atoms with E-state index >= 15 is 0 Å². The first kappa shape index (κ1) is 12.7. The van der Waals surface area contributed by atoms with E-state index in [-0.39, 0.29) is 12.6 Å². The van der Waals surface area contributed by atoms with Gasteiger partial charge < -0.3 is 11.1 Å². The molecule has 0 saturated carbocycles. The number of hydrogen-bond donors (Lipinski definition) is 2. The molecule has 1 atom stereocenters. The number of nitrogens with two attached hydrogens (primary N) is 1. The van der Waals surface area contributed by atoms with Crippen LogP contribution in [0.25, 0.3) is 0 Å². The zero-order chi connectivity index (χ0) is 10.3. The molecular formula is C8H17F3N2. The summed E-state index contributed by atoms with van der Waals surface area (Å²) in [5, 5.41) is 2.71. The van der Waals surface area contributed by atoms with E-state index in [9.17, 15) is 13.2 Å². The fourth-order valence-corrected chi connectivity index (χ4v) is 0.847. The van der Waals surface area contributed by atoms with Crippen LogP contribution in [-0.2, 0) is 0 Å². The smallest absolute Gasteiger partial charge is 0.328 e. The Bertz CT molecular complexity index is 125. The Balaban J connectivity index is 3.18. The first-order valence-electron chi connectivity index (χ1n) is 4.48. The lowest BCUT2D eigenvalue weighted by Gasteiger charge is -2.10. The molecule has 0 rings (SSSR count). The molecular weight excluding hydrogens is 181 g/mol. The molecule has 0 aliphatic carbocycles. The van der Waals surface area contributed by atoms with Crippen LogP contribution < -0.4 is 11.1 Å². The van der Waals surface area contributed by atoms with Gasteiger partial charge in [-0.05, 0) is 19.4 Å². The largest absolute Gasteiger partial charge is 0.390 e. The molecule has 1 unspecified atom stereocenters. The van der Waals surface area contributed by atoms with E-state index in [1.165, 1.54) is 0 Å². The number of nitrogens with one attached hydrogen (secondary N) is 1. The van der Waals surface area contributed by atoms with Gasteiger partial charge in [-0.25, -0.2) is 0 Å². The summed E-state index contributed by atoms with van der Waals surface area (Å²) in [7, 11) is 0. The molecule has 0 aromatic heterocycles. The predicted octanol–water partition coefficient (Wildman–Crippen LogP) is 1.66. The molecule has 5 heteroatoms. The van der Waals surface area contributed by atoms with Gasteiger partial charge in [0.2, 0.25) is 0 Å². The average Bonchev–Trinajstić information content (AvgIpc) is 2.01. The molecule has 0 radical (unpaired) electrons. The fourth-order valence-electron chi connectivity index (χ4n) is 0.847. The van der Waals surface area contributed by atoms with Crippen LogP contribution in [0, 0.1) is 0 Å². The third-order valence-corrected chi connectivity index (χ3v) is 1.80. The van der Waals surface area contributed by atoms with Crippen molar-refractivity contribution in [2.24, 2.45) is 5.73 Å². The highest BCUT2D eigenvalue weighted by Crippen LogP contribution is 2.17. The van der Waals surface area contributed by atoms with Gasteiger partial charge in [0, 0.05) is 12.6 Å². The summed E-state index contributed by atoms with van der Waals surface area (Å²) < 4.78 is 34.9. The van der Waals surface area contributed by atoms with Gasteiger partial charge >= 0.3 is 6.18 Å². The molecule has 0 aliphatic heterocycles. The Kier molecular flexibility index (Phi) is 6.07. The summed E-state index contributed by atoms with van der Waals surface area (Å²) in [4.78, 5) is 0. The summed E-state index contributed by atoms with van der Waals surface area (Å²) >= 11 is 0. The van der Waals surface area contributed by atoms with Gasteiger partial charge in [-0.2, -0.15) is 13.2 Å². The van der Waals surface area contributed by atoms with Crippen molar-refractivity contribution in [3.05, 3.63) is 0 Å². The highest BCUT2D eigenvalue weighted by molar-refractivity contribution is 4.61. The zero-order valence-electron chi connectivity index (χ0n) is 7.82. The predicted molar refractivity (Wildman–Crippen MR) is 46.4 cm³/mol. The number of halogens is 3. The summed E-state index contributed by atoms with van der Waals surface area (Å²) in [6.45, 7) is 2.51. The summed E-state index contributed by atoms with van der Waals surface area (Å²) in [5.41, 5.74) is 5.58. The van der Waals surface area contributed by atoms with Gasteiger partial charge in [-0.3, -0.25) is 0 Å². The van der Waals surface area contributed by atoms with E-state index in [1.807, 2.05) is 6.92 Å². The lowest BCUT2D eigenvalue weighted by atomic mass is 10.2. The van der Waals surface area contributed by atoms with Gasteiger partial charge in [-0.1, -0.05) is 6.92 Å². The van der Waals surface area contributed by atoms with Crippen molar-refractivity contribution in [2.45, 2.75) is 38.4 Å². The maximum Gasteiger partial charge on any atom is 0.390 e. The lowest BCUT2D eigenvalue weighted by Crippen LogP contribution is -2.28. The van der Waals surface area contributed by atoms with Crippen LogP contribution in [0.4, 0.5) is 13.2 Å². The maximum absolute atomic E-state index is 11.6. The lowest BCUT2D eigenvalue weighted by molar-refractivity contribution is -0.133. The number of hydrogen-bond acceptors (Lipinski definition) is 2. The normalized spacial score (nSPS) is 14.5. The molecule has 0 heterocycles. The molecule has 0 bridgehead atoms. The minimum absolute atomic E-state index is 0.0140. The second kappa shape index (κ2) is 6.21. The minimum Gasteiger partial charge on any atom is -0.328 e. The van der Waals surface area contributed by atoms with Crippen LogP contribution in [0.2, 0.25) is 0 Å². The molecule has 0 aromatic rings. The van der Waals surface area contributed by atoms with Gasteiger partial charge in [0.15, 0.2) is 0 Å². The highest BCUT2D eigenvalue weighted by Gasteiger charge is 2.25. The van der Waals surface area contributed by atoms with E-state index in [0.717, 1.165) is 12.8 Å². The van der Waals surface area contributed by atoms with Gasteiger partial charge in [0.1, 0.15) is 0 Å². The maximum atomic E-state index is 11.6. The molecule has 0 amide bonds. The van der Waals surface area contributed by atoms with E-state index in [2.05, 4.69) is 5.32 Å². The van der Waals surface area contributed by atoms with Gasteiger partial charge in [0.25, 0.3) is 0 Å². The Labute approximate surface area is 76.7 Å². The molecule has 2 nitrogen and oxygen atoms in total. The van der Waals surface area contributed by atoms with E-state index in [1.54, 1.807) is 0 Å². The van der Waals surface area contributed by atoms with Crippen molar-refractivity contribution in [3.8, 4) is 0 Å². The van der Waals surface area contributed by atoms with E-state index < -0.39 is 12.6 Å². The summed E-state index contributed by atoms with van der Waals surface area (Å²) in [6, 6.07) is 0.0957. The minimum atomic E-state index is -4.06. The van der Waals surface area contributed by atoms with Crippen molar-refractivity contribution >= 4 is 0 Å². The Morgan fingerprint density at radius 2 is 1.92 bits per heavy atom. The molecule has 0 saturated heterocycles. The van der Waals surface area contributed by atoms with Crippen molar-refractivity contribution < 1.29 is 13.2 Å². The molecule has 0 aliphatic rings. The first-order valence-corrected chi connectivity index (χ1v) is 4.48. The SMILES string of the molecule is CCC(N)CCNCCC(F)(F)F. The number of alkyl halides is 3. The zero-order valence-corrected chi connectivity index (χ0v) is 7.82. The van der Waals surface area contributed by atoms with E-state index in [0.29, 0.717) is 6.54 Å². The second-order valence-electron chi connectivity index (χ2n) is 3.07.